The van der Waals surface area contributed by atoms with Crippen LogP contribution in [-0.4, -0.2) is 37.2 Å². The van der Waals surface area contributed by atoms with Gasteiger partial charge >= 0.3 is 0 Å². The average molecular weight is 603 g/mol. The molecular weight excluding hydrogens is 560 g/mol. The zero-order valence-electron chi connectivity index (χ0n) is 27.8. The molecule has 0 saturated carbocycles. The first-order valence-electron chi connectivity index (χ1n) is 16.1. The van der Waals surface area contributed by atoms with Crippen LogP contribution < -0.4 is 9.80 Å². The van der Waals surface area contributed by atoms with E-state index in [9.17, 15) is 0 Å². The van der Waals surface area contributed by atoms with Gasteiger partial charge in [-0.25, -0.2) is 0 Å². The van der Waals surface area contributed by atoms with Crippen LogP contribution in [0.2, 0.25) is 0 Å². The first-order chi connectivity index (χ1) is 22.3. The Labute approximate surface area is 274 Å². The monoisotopic (exact) mass is 602 g/mol. The Bertz CT molecular complexity index is 1790. The molecule has 7 rings (SSSR count). The molecule has 0 aromatic heterocycles. The van der Waals surface area contributed by atoms with Crippen molar-refractivity contribution in [1.82, 2.24) is 9.80 Å². The summed E-state index contributed by atoms with van der Waals surface area (Å²) in [4.78, 5) is 8.91. The van der Waals surface area contributed by atoms with Crippen molar-refractivity contribution in [2.45, 2.75) is 27.7 Å². The lowest BCUT2D eigenvalue weighted by Crippen LogP contribution is -2.21. The van der Waals surface area contributed by atoms with Gasteiger partial charge in [-0.3, -0.25) is 0 Å². The number of hydrogen-bond acceptors (Lipinski definition) is 4. The van der Waals surface area contributed by atoms with Crippen LogP contribution in [0.25, 0.3) is 44.5 Å². The van der Waals surface area contributed by atoms with Crippen LogP contribution in [0.5, 0.6) is 0 Å². The van der Waals surface area contributed by atoms with Gasteiger partial charge in [-0.1, -0.05) is 72.8 Å². The molecule has 0 saturated heterocycles. The van der Waals surface area contributed by atoms with Gasteiger partial charge in [0.25, 0.3) is 0 Å². The molecule has 0 radical (unpaired) electrons. The molecule has 46 heavy (non-hydrogen) atoms. The standard InChI is InChI=1S/C42H42N4/c1-29-30(2)42(40-14-10-8-12-38(40)34-17-21-36(22-18-34)46-26-24-44(6)28-46)32(4)31(3)41(29)39-13-9-7-11-37(39)33-15-19-35(20-16-33)45-25-23-43(5)27-45/h7-26H,27-28H2,1-6H3. The van der Waals surface area contributed by atoms with E-state index in [1.54, 1.807) is 0 Å². The third-order valence-electron chi connectivity index (χ3n) is 9.79. The molecular formula is C42H42N4. The first kappa shape index (κ1) is 29.5. The summed E-state index contributed by atoms with van der Waals surface area (Å²) < 4.78 is 0. The maximum Gasteiger partial charge on any atom is 0.0938 e. The van der Waals surface area contributed by atoms with Crippen LogP contribution in [-0.2, 0) is 0 Å². The lowest BCUT2D eigenvalue weighted by Gasteiger charge is -2.24. The van der Waals surface area contributed by atoms with Gasteiger partial charge in [-0.2, -0.15) is 0 Å². The third kappa shape index (κ3) is 5.24. The fraction of sp³-hybridized carbons (Fsp3) is 0.190. The third-order valence-corrected chi connectivity index (χ3v) is 9.79. The highest BCUT2D eigenvalue weighted by molar-refractivity contribution is 5.93. The number of benzene rings is 5. The topological polar surface area (TPSA) is 13.0 Å². The molecule has 2 aliphatic rings. The second kappa shape index (κ2) is 11.9. The van der Waals surface area contributed by atoms with E-state index in [1.807, 2.05) is 0 Å². The summed E-state index contributed by atoms with van der Waals surface area (Å²) in [5.74, 6) is 0. The predicted molar refractivity (Wildman–Crippen MR) is 196 cm³/mol. The molecule has 5 aromatic carbocycles. The fourth-order valence-electron chi connectivity index (χ4n) is 7.08. The zero-order valence-corrected chi connectivity index (χ0v) is 27.8. The summed E-state index contributed by atoms with van der Waals surface area (Å²) in [6.45, 7) is 11.0. The summed E-state index contributed by atoms with van der Waals surface area (Å²) in [5.41, 5.74) is 18.0. The van der Waals surface area contributed by atoms with E-state index in [2.05, 4.69) is 183 Å². The quantitative estimate of drug-likeness (QED) is 0.192. The second-order valence-electron chi connectivity index (χ2n) is 12.8. The molecule has 0 bridgehead atoms. The van der Waals surface area contributed by atoms with Crippen LogP contribution >= 0.6 is 0 Å². The van der Waals surface area contributed by atoms with E-state index in [4.69, 9.17) is 0 Å². The number of hydrogen-bond donors (Lipinski definition) is 0. The second-order valence-corrected chi connectivity index (χ2v) is 12.8. The largest absolute Gasteiger partial charge is 0.361 e. The molecule has 5 aromatic rings. The van der Waals surface area contributed by atoms with E-state index in [-0.39, 0.29) is 0 Å². The maximum absolute atomic E-state index is 2.30. The summed E-state index contributed by atoms with van der Waals surface area (Å²) >= 11 is 0. The smallest absolute Gasteiger partial charge is 0.0938 e. The Kier molecular flexibility index (Phi) is 7.66. The molecule has 230 valence electrons. The minimum Gasteiger partial charge on any atom is -0.361 e. The van der Waals surface area contributed by atoms with Crippen molar-refractivity contribution in [1.29, 1.82) is 0 Å². The lowest BCUT2D eigenvalue weighted by atomic mass is 9.80. The Morgan fingerprint density at radius 2 is 0.717 bits per heavy atom. The Hall–Kier alpha value is -5.22. The minimum atomic E-state index is 0.877. The number of nitrogens with zero attached hydrogens (tertiary/aromatic N) is 4. The first-order valence-corrected chi connectivity index (χ1v) is 16.1. The Morgan fingerprint density at radius 1 is 0.391 bits per heavy atom. The van der Waals surface area contributed by atoms with Crippen molar-refractivity contribution in [3.05, 3.63) is 144 Å². The van der Waals surface area contributed by atoms with Crippen LogP contribution in [0.15, 0.2) is 122 Å². The zero-order chi connectivity index (χ0) is 31.9. The van der Waals surface area contributed by atoms with Crippen LogP contribution in [0.1, 0.15) is 22.3 Å². The van der Waals surface area contributed by atoms with Crippen LogP contribution in [0.4, 0.5) is 11.4 Å². The Balaban J connectivity index is 1.28. The van der Waals surface area contributed by atoms with Crippen molar-refractivity contribution < 1.29 is 0 Å². The summed E-state index contributed by atoms with van der Waals surface area (Å²) in [6, 6.07) is 35.8. The van der Waals surface area contributed by atoms with Gasteiger partial charge in [0.2, 0.25) is 0 Å². The predicted octanol–water partition coefficient (Wildman–Crippen LogP) is 9.95. The lowest BCUT2D eigenvalue weighted by molar-refractivity contribution is 0.496. The number of rotatable bonds is 6. The average Bonchev–Trinajstić information content (AvgIpc) is 3.73. The fourth-order valence-corrected chi connectivity index (χ4v) is 7.08. The molecule has 2 aliphatic heterocycles. The van der Waals surface area contributed by atoms with Gasteiger partial charge in [-0.05, 0) is 119 Å². The highest BCUT2D eigenvalue weighted by Crippen LogP contribution is 2.44. The summed E-state index contributed by atoms with van der Waals surface area (Å²) in [6.07, 6.45) is 8.51. The minimum absolute atomic E-state index is 0.877. The van der Waals surface area contributed by atoms with Crippen LogP contribution in [0, 0.1) is 27.7 Å². The number of anilines is 2. The van der Waals surface area contributed by atoms with Gasteiger partial charge < -0.3 is 19.6 Å². The highest BCUT2D eigenvalue weighted by atomic mass is 15.3. The molecule has 0 atom stereocenters. The van der Waals surface area contributed by atoms with Gasteiger partial charge in [0.1, 0.15) is 0 Å². The van der Waals surface area contributed by atoms with E-state index in [0.717, 1.165) is 13.3 Å². The molecule has 0 spiro atoms. The van der Waals surface area contributed by atoms with E-state index in [0.29, 0.717) is 0 Å². The van der Waals surface area contributed by atoms with Crippen LogP contribution in [0.3, 0.4) is 0 Å². The van der Waals surface area contributed by atoms with Gasteiger partial charge in [0, 0.05) is 50.3 Å². The van der Waals surface area contributed by atoms with Crippen molar-refractivity contribution in [2.75, 3.05) is 37.2 Å². The van der Waals surface area contributed by atoms with E-state index < -0.39 is 0 Å². The molecule has 0 unspecified atom stereocenters. The van der Waals surface area contributed by atoms with Gasteiger partial charge in [-0.15, -0.1) is 0 Å². The molecule has 2 heterocycles. The van der Waals surface area contributed by atoms with Gasteiger partial charge in [0.15, 0.2) is 0 Å². The van der Waals surface area contributed by atoms with Crippen molar-refractivity contribution in [2.24, 2.45) is 0 Å². The van der Waals surface area contributed by atoms with Crippen molar-refractivity contribution in [3.8, 4) is 44.5 Å². The SMILES string of the molecule is Cc1c(C)c(-c2ccccc2-c2ccc(N3C=CN(C)C3)cc2)c(C)c(C)c1-c1ccccc1-c1ccc(N2C=CN(C)C2)cc1. The molecule has 0 amide bonds. The van der Waals surface area contributed by atoms with Crippen molar-refractivity contribution >= 4 is 11.4 Å². The van der Waals surface area contributed by atoms with Crippen molar-refractivity contribution in [3.63, 3.8) is 0 Å². The summed E-state index contributed by atoms with van der Waals surface area (Å²) in [5, 5.41) is 0. The molecule has 4 nitrogen and oxygen atoms in total. The van der Waals surface area contributed by atoms with E-state index >= 15 is 0 Å². The maximum atomic E-state index is 2.30. The Morgan fingerprint density at radius 3 is 1.02 bits per heavy atom. The molecule has 4 heteroatoms. The molecule has 0 fully saturated rings. The highest BCUT2D eigenvalue weighted by Gasteiger charge is 2.22. The normalized spacial score (nSPS) is 14.2. The van der Waals surface area contributed by atoms with E-state index in [1.165, 1.54) is 78.1 Å². The molecule has 0 N–H and O–H groups in total. The van der Waals surface area contributed by atoms with Gasteiger partial charge in [0.05, 0.1) is 13.3 Å². The summed E-state index contributed by atoms with van der Waals surface area (Å²) in [7, 11) is 4.20. The molecule has 0 aliphatic carbocycles.